The molecule has 0 bridgehead atoms. The van der Waals surface area contributed by atoms with Gasteiger partial charge in [-0.2, -0.15) is 0 Å². The Hall–Kier alpha value is -1.13. The number of aromatic nitrogens is 2. The summed E-state index contributed by atoms with van der Waals surface area (Å²) in [5.41, 5.74) is 0. The summed E-state index contributed by atoms with van der Waals surface area (Å²) in [7, 11) is 0. The van der Waals surface area contributed by atoms with Crippen molar-refractivity contribution < 1.29 is 0 Å². The first-order chi connectivity index (χ1) is 7.45. The summed E-state index contributed by atoms with van der Waals surface area (Å²) >= 11 is 1.80. The number of aryl methyl sites for hydroxylation is 1. The number of nitrogens with zero attached hydrogens (tertiary/aromatic N) is 2. The third kappa shape index (κ3) is 3.49. The van der Waals surface area contributed by atoms with Crippen LogP contribution in [0.3, 0.4) is 0 Å². The van der Waals surface area contributed by atoms with Gasteiger partial charge in [0, 0.05) is 30.4 Å². The van der Waals surface area contributed by atoms with E-state index in [1.165, 1.54) is 4.88 Å². The van der Waals surface area contributed by atoms with E-state index < -0.39 is 0 Å². The van der Waals surface area contributed by atoms with Gasteiger partial charge in [0.15, 0.2) is 0 Å². The van der Waals surface area contributed by atoms with Crippen molar-refractivity contribution >= 4 is 11.3 Å². The zero-order chi connectivity index (χ0) is 10.3. The van der Waals surface area contributed by atoms with Crippen molar-refractivity contribution in [1.29, 1.82) is 0 Å². The fraction of sp³-hybridized carbons (Fsp3) is 0.364. The first kappa shape index (κ1) is 10.4. The van der Waals surface area contributed by atoms with Gasteiger partial charge in [-0.3, -0.25) is 0 Å². The third-order valence-corrected chi connectivity index (χ3v) is 3.08. The molecule has 15 heavy (non-hydrogen) atoms. The van der Waals surface area contributed by atoms with Crippen LogP contribution in [-0.4, -0.2) is 16.1 Å². The van der Waals surface area contributed by atoms with E-state index in [0.29, 0.717) is 0 Å². The summed E-state index contributed by atoms with van der Waals surface area (Å²) in [5.74, 6) is 0. The van der Waals surface area contributed by atoms with Gasteiger partial charge in [-0.1, -0.05) is 6.07 Å². The molecule has 0 aliphatic carbocycles. The molecule has 3 nitrogen and oxygen atoms in total. The van der Waals surface area contributed by atoms with Crippen molar-refractivity contribution in [3.05, 3.63) is 41.1 Å². The maximum absolute atomic E-state index is 4.01. The molecule has 0 fully saturated rings. The Morgan fingerprint density at radius 2 is 2.47 bits per heavy atom. The molecule has 2 aromatic heterocycles. The minimum atomic E-state index is 0.988. The maximum Gasteiger partial charge on any atom is 0.0945 e. The molecule has 0 radical (unpaired) electrons. The molecule has 0 unspecified atom stereocenters. The predicted octanol–water partition coefficient (Wildman–Crippen LogP) is 2.12. The fourth-order valence-electron chi connectivity index (χ4n) is 1.43. The number of hydrogen-bond donors (Lipinski definition) is 1. The minimum Gasteiger partial charge on any atom is -0.337 e. The highest BCUT2D eigenvalue weighted by Crippen LogP contribution is 2.07. The van der Waals surface area contributed by atoms with E-state index in [4.69, 9.17) is 0 Å². The smallest absolute Gasteiger partial charge is 0.0945 e. The van der Waals surface area contributed by atoms with Crippen molar-refractivity contribution in [2.24, 2.45) is 0 Å². The lowest BCUT2D eigenvalue weighted by Crippen LogP contribution is -2.15. The molecule has 0 amide bonds. The Morgan fingerprint density at radius 1 is 1.47 bits per heavy atom. The predicted molar refractivity (Wildman–Crippen MR) is 62.9 cm³/mol. The average Bonchev–Trinajstić information content (AvgIpc) is 2.88. The van der Waals surface area contributed by atoms with E-state index in [0.717, 1.165) is 26.1 Å². The largest absolute Gasteiger partial charge is 0.337 e. The topological polar surface area (TPSA) is 29.9 Å². The number of rotatable bonds is 6. The van der Waals surface area contributed by atoms with Crippen molar-refractivity contribution in [3.63, 3.8) is 0 Å². The molecular formula is C11H15N3S. The van der Waals surface area contributed by atoms with E-state index in [1.54, 1.807) is 11.3 Å². The Morgan fingerprint density at radius 3 is 3.20 bits per heavy atom. The van der Waals surface area contributed by atoms with Crippen LogP contribution >= 0.6 is 11.3 Å². The molecule has 80 valence electrons. The highest BCUT2D eigenvalue weighted by molar-refractivity contribution is 7.09. The van der Waals surface area contributed by atoms with Crippen molar-refractivity contribution in [2.75, 3.05) is 6.54 Å². The lowest BCUT2D eigenvalue weighted by Gasteiger charge is -2.03. The molecule has 0 spiro atoms. The standard InChI is InChI=1S/C11H15N3S/c1-3-11(15-8-1)9-12-4-2-6-14-7-5-13-10-14/h1,3,5,7-8,10,12H,2,4,6,9H2. The molecule has 0 aliphatic rings. The second-order valence-corrected chi connectivity index (χ2v) is 4.44. The summed E-state index contributed by atoms with van der Waals surface area (Å²) in [6.07, 6.45) is 6.82. The van der Waals surface area contributed by atoms with Crippen molar-refractivity contribution in [3.8, 4) is 0 Å². The van der Waals surface area contributed by atoms with Crippen LogP contribution in [0.5, 0.6) is 0 Å². The zero-order valence-corrected chi connectivity index (χ0v) is 9.41. The summed E-state index contributed by atoms with van der Waals surface area (Å²) < 4.78 is 2.10. The number of hydrogen-bond acceptors (Lipinski definition) is 3. The van der Waals surface area contributed by atoms with Crippen LogP contribution in [-0.2, 0) is 13.1 Å². The van der Waals surface area contributed by atoms with Crippen LogP contribution in [0, 0.1) is 0 Å². The quantitative estimate of drug-likeness (QED) is 0.757. The van der Waals surface area contributed by atoms with Crippen LogP contribution in [0.1, 0.15) is 11.3 Å². The van der Waals surface area contributed by atoms with Gasteiger partial charge < -0.3 is 9.88 Å². The van der Waals surface area contributed by atoms with E-state index in [1.807, 2.05) is 18.7 Å². The van der Waals surface area contributed by atoms with Crippen LogP contribution in [0.4, 0.5) is 0 Å². The first-order valence-corrected chi connectivity index (χ1v) is 6.02. The Balaban J connectivity index is 1.56. The van der Waals surface area contributed by atoms with Crippen LogP contribution in [0.25, 0.3) is 0 Å². The number of imidazole rings is 1. The maximum atomic E-state index is 4.01. The van der Waals surface area contributed by atoms with Crippen LogP contribution < -0.4 is 5.32 Å². The third-order valence-electron chi connectivity index (χ3n) is 2.21. The lowest BCUT2D eigenvalue weighted by molar-refractivity contribution is 0.583. The van der Waals surface area contributed by atoms with Gasteiger partial charge in [0.1, 0.15) is 0 Å². The van der Waals surface area contributed by atoms with Gasteiger partial charge in [-0.15, -0.1) is 11.3 Å². The van der Waals surface area contributed by atoms with E-state index in [9.17, 15) is 0 Å². The summed E-state index contributed by atoms with van der Waals surface area (Å²) in [5, 5.41) is 5.54. The lowest BCUT2D eigenvalue weighted by atomic mass is 10.4. The Bertz CT molecular complexity index is 317. The Labute approximate surface area is 93.8 Å². The average molecular weight is 221 g/mol. The van der Waals surface area contributed by atoms with Crippen molar-refractivity contribution in [2.45, 2.75) is 19.5 Å². The molecule has 0 saturated carbocycles. The monoisotopic (exact) mass is 221 g/mol. The molecule has 2 rings (SSSR count). The molecule has 0 aromatic carbocycles. The minimum absolute atomic E-state index is 0.988. The second-order valence-electron chi connectivity index (χ2n) is 3.41. The zero-order valence-electron chi connectivity index (χ0n) is 8.60. The van der Waals surface area contributed by atoms with Crippen molar-refractivity contribution in [1.82, 2.24) is 14.9 Å². The molecular weight excluding hydrogens is 206 g/mol. The SMILES string of the molecule is c1csc(CNCCCn2ccnc2)c1. The molecule has 2 aromatic rings. The fourth-order valence-corrected chi connectivity index (χ4v) is 2.10. The van der Waals surface area contributed by atoms with E-state index in [2.05, 4.69) is 32.4 Å². The second kappa shape index (κ2) is 5.68. The number of thiophene rings is 1. The van der Waals surface area contributed by atoms with Gasteiger partial charge in [0.05, 0.1) is 6.33 Å². The molecule has 2 heterocycles. The Kier molecular flexibility index (Phi) is 3.93. The van der Waals surface area contributed by atoms with Gasteiger partial charge >= 0.3 is 0 Å². The highest BCUT2D eigenvalue weighted by Gasteiger charge is 1.93. The molecule has 0 aliphatic heterocycles. The normalized spacial score (nSPS) is 10.7. The molecule has 0 atom stereocenters. The highest BCUT2D eigenvalue weighted by atomic mass is 32.1. The summed E-state index contributed by atoms with van der Waals surface area (Å²) in [6.45, 7) is 3.08. The van der Waals surface area contributed by atoms with E-state index in [-0.39, 0.29) is 0 Å². The molecule has 1 N–H and O–H groups in total. The van der Waals surface area contributed by atoms with E-state index >= 15 is 0 Å². The van der Waals surface area contributed by atoms with Gasteiger partial charge in [0.25, 0.3) is 0 Å². The van der Waals surface area contributed by atoms with Gasteiger partial charge in [-0.25, -0.2) is 4.98 Å². The molecule has 4 heteroatoms. The first-order valence-electron chi connectivity index (χ1n) is 5.14. The van der Waals surface area contributed by atoms with Crippen LogP contribution in [0.15, 0.2) is 36.2 Å². The van der Waals surface area contributed by atoms with Gasteiger partial charge in [0.2, 0.25) is 0 Å². The number of nitrogens with one attached hydrogen (secondary N) is 1. The van der Waals surface area contributed by atoms with Gasteiger partial charge in [-0.05, 0) is 24.4 Å². The van der Waals surface area contributed by atoms with Crippen LogP contribution in [0.2, 0.25) is 0 Å². The summed E-state index contributed by atoms with van der Waals surface area (Å²) in [4.78, 5) is 5.41. The molecule has 0 saturated heterocycles. The summed E-state index contributed by atoms with van der Waals surface area (Å²) in [6, 6.07) is 4.25.